The van der Waals surface area contributed by atoms with Crippen LogP contribution in [0.1, 0.15) is 44.1 Å². The molecule has 3 fully saturated rings. The van der Waals surface area contributed by atoms with Crippen molar-refractivity contribution in [1.29, 1.82) is 0 Å². The molecule has 3 heterocycles. The number of likely N-dealkylation sites (N-methyl/N-ethyl adjacent to an activating group) is 1. The highest BCUT2D eigenvalue weighted by Gasteiger charge is 2.70. The minimum absolute atomic E-state index is 0.0118. The van der Waals surface area contributed by atoms with E-state index in [-0.39, 0.29) is 23.3 Å². The Morgan fingerprint density at radius 1 is 1.13 bits per heavy atom. The van der Waals surface area contributed by atoms with Crippen molar-refractivity contribution in [3.63, 3.8) is 0 Å². The number of pyridine rings is 2. The Hall–Kier alpha value is -4.14. The number of nitrogens with two attached hydrogens (primary N) is 1. The minimum atomic E-state index is -0.767. The zero-order valence-electron chi connectivity index (χ0n) is 21.3. The van der Waals surface area contributed by atoms with Crippen molar-refractivity contribution in [1.82, 2.24) is 14.9 Å². The molecule has 6 rings (SSSR count). The van der Waals surface area contributed by atoms with Crippen LogP contribution in [0.25, 0.3) is 21.9 Å². The highest BCUT2D eigenvalue weighted by Crippen LogP contribution is 2.59. The number of rotatable bonds is 3. The Balaban J connectivity index is 1.20. The molecule has 8 nitrogen and oxygen atoms in total. The highest BCUT2D eigenvalue weighted by molar-refractivity contribution is 6.19. The van der Waals surface area contributed by atoms with Crippen molar-refractivity contribution >= 4 is 39.9 Å². The Labute approximate surface area is 219 Å². The summed E-state index contributed by atoms with van der Waals surface area (Å²) in [5.74, 6) is -0.524. The molecule has 0 unspecified atom stereocenters. The maximum atomic E-state index is 15.1. The van der Waals surface area contributed by atoms with Crippen LogP contribution in [-0.2, 0) is 14.4 Å². The van der Waals surface area contributed by atoms with Gasteiger partial charge in [-0.2, -0.15) is 0 Å². The molecule has 2 aliphatic carbocycles. The van der Waals surface area contributed by atoms with Crippen LogP contribution >= 0.6 is 0 Å². The third kappa shape index (κ3) is 3.52. The normalized spacial score (nSPS) is 22.0. The molecule has 1 aromatic carbocycles. The molecule has 2 saturated carbocycles. The Morgan fingerprint density at radius 2 is 1.87 bits per heavy atom. The van der Waals surface area contributed by atoms with E-state index >= 15 is 4.39 Å². The second-order valence-corrected chi connectivity index (χ2v) is 10.7. The van der Waals surface area contributed by atoms with E-state index in [2.05, 4.69) is 15.3 Å². The van der Waals surface area contributed by atoms with E-state index in [1.165, 1.54) is 6.20 Å². The van der Waals surface area contributed by atoms with E-state index < -0.39 is 16.8 Å². The number of allylic oxidation sites excluding steroid dienone is 1. The van der Waals surface area contributed by atoms with E-state index in [4.69, 9.17) is 5.73 Å². The van der Waals surface area contributed by atoms with E-state index in [1.54, 1.807) is 48.6 Å². The average Bonchev–Trinajstić information content (AvgIpc) is 3.70. The minimum Gasteiger partial charge on any atom is -0.396 e. The van der Waals surface area contributed by atoms with Crippen molar-refractivity contribution in [2.75, 3.05) is 18.1 Å². The zero-order chi connectivity index (χ0) is 26.8. The summed E-state index contributed by atoms with van der Waals surface area (Å²) in [6.07, 6.45) is 9.76. The number of Topliss-reactive ketones (excluding diaryl/α,β-unsaturated/α-hetero) is 1. The molecule has 3 aromatic rings. The number of likely N-dealkylation sites (tertiary alicyclic amines) is 1. The second-order valence-electron chi connectivity index (χ2n) is 10.7. The van der Waals surface area contributed by atoms with Gasteiger partial charge in [-0.3, -0.25) is 19.4 Å². The average molecular weight is 514 g/mol. The molecule has 9 heteroatoms. The summed E-state index contributed by atoms with van der Waals surface area (Å²) in [6.45, 7) is 1.87. The lowest BCUT2D eigenvalue weighted by atomic mass is 9.75. The summed E-state index contributed by atoms with van der Waals surface area (Å²) in [5, 5.41) is 3.88. The molecule has 0 atom stereocenters. The fourth-order valence-electron chi connectivity index (χ4n) is 6.12. The smallest absolute Gasteiger partial charge is 0.249 e. The molecule has 2 aromatic heterocycles. The van der Waals surface area contributed by atoms with Gasteiger partial charge in [-0.25, -0.2) is 9.37 Å². The molecule has 2 amide bonds. The number of nitrogens with zero attached hydrogens (tertiary/aromatic N) is 3. The maximum Gasteiger partial charge on any atom is 0.249 e. The Morgan fingerprint density at radius 3 is 2.53 bits per heavy atom. The molecule has 0 radical (unpaired) electrons. The van der Waals surface area contributed by atoms with Crippen LogP contribution < -0.4 is 11.1 Å². The number of carbonyl (C=O) groups excluding carboxylic acids is 3. The van der Waals surface area contributed by atoms with Crippen LogP contribution in [0.2, 0.25) is 0 Å². The van der Waals surface area contributed by atoms with Gasteiger partial charge in [0, 0.05) is 48.2 Å². The van der Waals surface area contributed by atoms with Gasteiger partial charge in [0.1, 0.15) is 16.8 Å². The van der Waals surface area contributed by atoms with Gasteiger partial charge in [-0.1, -0.05) is 5.57 Å². The summed E-state index contributed by atoms with van der Waals surface area (Å²) >= 11 is 0. The molecule has 1 aliphatic heterocycles. The Kier molecular flexibility index (Phi) is 5.38. The molecule has 194 valence electrons. The maximum absolute atomic E-state index is 15.1. The predicted molar refractivity (Wildman–Crippen MR) is 141 cm³/mol. The molecule has 2 spiro atoms. The topological polar surface area (TPSA) is 118 Å². The van der Waals surface area contributed by atoms with Gasteiger partial charge in [-0.05, 0) is 74.6 Å². The van der Waals surface area contributed by atoms with Crippen LogP contribution in [0, 0.1) is 18.2 Å². The summed E-state index contributed by atoms with van der Waals surface area (Å²) in [6, 6.07) is 5.15. The zero-order valence-corrected chi connectivity index (χ0v) is 21.3. The lowest BCUT2D eigenvalue weighted by Crippen LogP contribution is -2.49. The number of nitrogen functional groups attached to an aromatic ring is 1. The van der Waals surface area contributed by atoms with Crippen molar-refractivity contribution in [3.05, 3.63) is 59.8 Å². The lowest BCUT2D eigenvalue weighted by Gasteiger charge is -2.38. The molecule has 1 saturated heterocycles. The first-order valence-electron chi connectivity index (χ1n) is 12.8. The Bertz CT molecular complexity index is 1570. The van der Waals surface area contributed by atoms with Gasteiger partial charge in [0.25, 0.3) is 0 Å². The summed E-state index contributed by atoms with van der Waals surface area (Å²) in [7, 11) is 1.74. The number of nitrogens with one attached hydrogen (secondary N) is 1. The fourth-order valence-corrected chi connectivity index (χ4v) is 6.12. The van der Waals surface area contributed by atoms with Crippen molar-refractivity contribution in [3.8, 4) is 11.1 Å². The first-order chi connectivity index (χ1) is 18.2. The van der Waals surface area contributed by atoms with Crippen LogP contribution in [0.5, 0.6) is 0 Å². The first-order valence-corrected chi connectivity index (χ1v) is 12.8. The number of amides is 2. The van der Waals surface area contributed by atoms with Gasteiger partial charge in [0.2, 0.25) is 11.8 Å². The monoisotopic (exact) mass is 513 g/mol. The molecule has 3 N–H and O–H groups in total. The standard InChI is InChI=1S/C29H28FN5O3/c1-16-5-10-32-14-20(16)19-12-18-13-22(33-15-21(18)25(31)24(19)30)34-23(36)11-17-3-6-29(7-4-17)26(37)28(8-9-28)27(38)35(29)2/h5,10-15H,3-4,6-9,31H2,1-2H3,(H,33,34,36). The summed E-state index contributed by atoms with van der Waals surface area (Å²) in [4.78, 5) is 48.7. The highest BCUT2D eigenvalue weighted by atomic mass is 19.1. The van der Waals surface area contributed by atoms with E-state index in [9.17, 15) is 14.4 Å². The number of aryl methyl sites for hydroxylation is 1. The van der Waals surface area contributed by atoms with E-state index in [0.29, 0.717) is 66.2 Å². The van der Waals surface area contributed by atoms with Gasteiger partial charge in [0.05, 0.1) is 5.69 Å². The van der Waals surface area contributed by atoms with Crippen molar-refractivity contribution < 1.29 is 18.8 Å². The number of halogens is 1. The van der Waals surface area contributed by atoms with Crippen LogP contribution in [-0.4, -0.2) is 45.1 Å². The van der Waals surface area contributed by atoms with E-state index in [1.807, 2.05) is 6.92 Å². The number of anilines is 2. The van der Waals surface area contributed by atoms with Gasteiger partial charge in [0.15, 0.2) is 11.6 Å². The quantitative estimate of drug-likeness (QED) is 0.306. The fraction of sp³-hybridized carbons (Fsp3) is 0.345. The summed E-state index contributed by atoms with van der Waals surface area (Å²) in [5.41, 5.74) is 7.35. The van der Waals surface area contributed by atoms with Gasteiger partial charge < -0.3 is 16.0 Å². The summed E-state index contributed by atoms with van der Waals surface area (Å²) < 4.78 is 15.1. The molecule has 3 aliphatic rings. The second kappa shape index (κ2) is 8.44. The van der Waals surface area contributed by atoms with Crippen LogP contribution in [0.15, 0.2) is 48.4 Å². The molecule has 0 bridgehead atoms. The number of aromatic nitrogens is 2. The molecule has 38 heavy (non-hydrogen) atoms. The number of carbonyl (C=O) groups is 3. The third-order valence-electron chi connectivity index (χ3n) is 8.60. The van der Waals surface area contributed by atoms with Gasteiger partial charge in [-0.15, -0.1) is 0 Å². The van der Waals surface area contributed by atoms with Gasteiger partial charge >= 0.3 is 0 Å². The van der Waals surface area contributed by atoms with Crippen LogP contribution in [0.3, 0.4) is 0 Å². The number of ketones is 1. The third-order valence-corrected chi connectivity index (χ3v) is 8.60. The number of hydrogen-bond donors (Lipinski definition) is 2. The molecular formula is C29H28FN5O3. The lowest BCUT2D eigenvalue weighted by molar-refractivity contribution is -0.133. The largest absolute Gasteiger partial charge is 0.396 e. The van der Waals surface area contributed by atoms with Crippen LogP contribution in [0.4, 0.5) is 15.9 Å². The number of benzene rings is 1. The predicted octanol–water partition coefficient (Wildman–Crippen LogP) is 4.33. The first kappa shape index (κ1) is 24.2. The number of hydrogen-bond acceptors (Lipinski definition) is 6. The van der Waals surface area contributed by atoms with E-state index in [0.717, 1.165) is 11.1 Å². The SMILES string of the molecule is Cc1ccncc1-c1cc2cc(NC(=O)C=C3CCC4(CC3)C(=O)C3(CC3)C(=O)N4C)ncc2c(N)c1F. The van der Waals surface area contributed by atoms with Crippen molar-refractivity contribution in [2.24, 2.45) is 5.41 Å². The number of fused-ring (bicyclic) bond motifs is 1. The molecular weight excluding hydrogens is 485 g/mol. The van der Waals surface area contributed by atoms with Crippen molar-refractivity contribution in [2.45, 2.75) is 51.0 Å².